The molecule has 0 heterocycles. The van der Waals surface area contributed by atoms with E-state index < -0.39 is 29.2 Å². The summed E-state index contributed by atoms with van der Waals surface area (Å²) in [6.07, 6.45) is 0. The lowest BCUT2D eigenvalue weighted by molar-refractivity contribution is 0.210. The summed E-state index contributed by atoms with van der Waals surface area (Å²) in [4.78, 5) is -0.342. The quantitative estimate of drug-likeness (QED) is 0.576. The van der Waals surface area contributed by atoms with Crippen molar-refractivity contribution in [3.8, 4) is 0 Å². The van der Waals surface area contributed by atoms with Crippen LogP contribution in [0.3, 0.4) is 0 Å². The largest absolute Gasteiger partial charge is 0.352 e. The van der Waals surface area contributed by atoms with E-state index in [1.165, 1.54) is 0 Å². The summed E-state index contributed by atoms with van der Waals surface area (Å²) in [6, 6.07) is 11.2. The predicted molar refractivity (Wildman–Crippen MR) is 102 cm³/mol. The third kappa shape index (κ3) is 5.38. The van der Waals surface area contributed by atoms with Gasteiger partial charge in [0.25, 0.3) is 0 Å². The first-order valence-corrected chi connectivity index (χ1v) is 11.6. The number of sulfonamides is 1. The first-order valence-electron chi connectivity index (χ1n) is 8.14. The van der Waals surface area contributed by atoms with Crippen molar-refractivity contribution in [3.05, 3.63) is 64.9 Å². The predicted octanol–water partition coefficient (Wildman–Crippen LogP) is 4.72. The van der Waals surface area contributed by atoms with Crippen LogP contribution < -0.4 is 4.72 Å². The topological polar surface area (TPSA) is 81.7 Å². The molecule has 0 radical (unpaired) electrons. The van der Waals surface area contributed by atoms with Crippen molar-refractivity contribution in [2.24, 2.45) is 0 Å². The first kappa shape index (κ1) is 22.0. The van der Waals surface area contributed by atoms with Gasteiger partial charge < -0.3 is 9.05 Å². The van der Waals surface area contributed by atoms with Gasteiger partial charge in [-0.2, -0.15) is 4.72 Å². The summed E-state index contributed by atoms with van der Waals surface area (Å²) in [6.45, 7) is 3.36. The van der Waals surface area contributed by atoms with E-state index in [1.54, 1.807) is 44.2 Å². The molecule has 0 aromatic heterocycles. The van der Waals surface area contributed by atoms with Crippen LogP contribution in [0.1, 0.15) is 25.2 Å². The third-order valence-corrected chi connectivity index (χ3v) is 7.88. The molecule has 1 N–H and O–H groups in total. The fraction of sp³-hybridized carbons (Fsp3) is 0.294. The van der Waals surface area contributed by atoms with E-state index in [-0.39, 0.29) is 23.1 Å². The molecule has 0 fully saturated rings. The van der Waals surface area contributed by atoms with Gasteiger partial charge in [0.1, 0.15) is 16.5 Å². The van der Waals surface area contributed by atoms with Crippen molar-refractivity contribution in [2.75, 3.05) is 13.2 Å². The van der Waals surface area contributed by atoms with Crippen molar-refractivity contribution in [1.29, 1.82) is 0 Å². The van der Waals surface area contributed by atoms with Crippen molar-refractivity contribution in [1.82, 2.24) is 4.72 Å². The van der Waals surface area contributed by atoms with Crippen LogP contribution in [0.5, 0.6) is 0 Å². The van der Waals surface area contributed by atoms with Gasteiger partial charge in [0.05, 0.1) is 18.2 Å². The molecular weight excluding hydrogens is 416 g/mol. The highest BCUT2D eigenvalue weighted by Crippen LogP contribution is 2.60. The Morgan fingerprint density at radius 1 is 1.11 bits per heavy atom. The zero-order valence-electron chi connectivity index (χ0n) is 14.8. The molecule has 0 saturated carbocycles. The molecule has 1 unspecified atom stereocenters. The van der Waals surface area contributed by atoms with Crippen molar-refractivity contribution in [2.45, 2.75) is 24.5 Å². The Kier molecular flexibility index (Phi) is 7.56. The molecular formula is C17H20ClFNO5PS. The average Bonchev–Trinajstić information content (AvgIpc) is 2.60. The van der Waals surface area contributed by atoms with Gasteiger partial charge in [0.15, 0.2) is 0 Å². The molecule has 27 heavy (non-hydrogen) atoms. The number of benzene rings is 2. The van der Waals surface area contributed by atoms with E-state index in [2.05, 4.69) is 4.72 Å². The lowest BCUT2D eigenvalue weighted by Gasteiger charge is -2.27. The molecule has 10 heteroatoms. The van der Waals surface area contributed by atoms with Crippen LogP contribution in [-0.2, 0) is 23.6 Å². The van der Waals surface area contributed by atoms with Crippen molar-refractivity contribution >= 4 is 29.2 Å². The second-order valence-electron chi connectivity index (χ2n) is 5.38. The highest BCUT2D eigenvalue weighted by Gasteiger charge is 2.40. The van der Waals surface area contributed by atoms with Gasteiger partial charge in [0, 0.05) is 0 Å². The number of hydrogen-bond acceptors (Lipinski definition) is 5. The zero-order chi connectivity index (χ0) is 20.1. The Hall–Kier alpha value is -1.28. The molecule has 2 aromatic carbocycles. The van der Waals surface area contributed by atoms with Crippen molar-refractivity contribution in [3.63, 3.8) is 0 Å². The Bertz CT molecular complexity index is 916. The second-order valence-corrected chi connectivity index (χ2v) is 9.59. The molecule has 0 saturated heterocycles. The van der Waals surface area contributed by atoms with Crippen LogP contribution in [0.15, 0.2) is 53.4 Å². The molecule has 6 nitrogen and oxygen atoms in total. The number of rotatable bonds is 9. The molecule has 0 aliphatic rings. The van der Waals surface area contributed by atoms with Crippen LogP contribution in [0.2, 0.25) is 5.02 Å². The third-order valence-electron chi connectivity index (χ3n) is 3.50. The molecule has 2 rings (SSSR count). The maximum absolute atomic E-state index is 13.3. The van der Waals surface area contributed by atoms with Crippen LogP contribution in [0, 0.1) is 5.82 Å². The van der Waals surface area contributed by atoms with Gasteiger partial charge in [-0.15, -0.1) is 0 Å². The minimum Gasteiger partial charge on any atom is -0.308 e. The summed E-state index contributed by atoms with van der Waals surface area (Å²) < 4.78 is 65.3. The Balaban J connectivity index is 2.52. The standard InChI is InChI=1S/C17H20ClFNO5PS/c1-3-24-26(21,25-4-2)17(13-8-6-5-7-9-13)20-27(22,23)16-11-10-14(19)12-15(16)18/h5-12,17,20H,3-4H2,1-2H3. The van der Waals surface area contributed by atoms with Crippen LogP contribution in [-0.4, -0.2) is 21.6 Å². The minimum absolute atomic E-state index is 0.0552. The molecule has 2 aromatic rings. The number of nitrogens with one attached hydrogen (secondary N) is 1. The molecule has 0 spiro atoms. The van der Waals surface area contributed by atoms with E-state index in [9.17, 15) is 17.4 Å². The van der Waals surface area contributed by atoms with Gasteiger partial charge in [-0.25, -0.2) is 12.8 Å². The molecule has 0 aliphatic heterocycles. The Labute approximate surface area is 163 Å². The zero-order valence-corrected chi connectivity index (χ0v) is 17.2. The molecule has 1 atom stereocenters. The summed E-state index contributed by atoms with van der Waals surface area (Å²) in [5, 5.41) is -0.294. The molecule has 0 aliphatic carbocycles. The summed E-state index contributed by atoms with van der Waals surface area (Å²) in [5.74, 6) is -1.97. The van der Waals surface area contributed by atoms with Crippen LogP contribution in [0.4, 0.5) is 4.39 Å². The Morgan fingerprint density at radius 2 is 1.70 bits per heavy atom. The molecule has 148 valence electrons. The Morgan fingerprint density at radius 3 is 2.22 bits per heavy atom. The maximum Gasteiger partial charge on any atom is 0.352 e. The SMILES string of the molecule is CCOP(=O)(OCC)C(NS(=O)(=O)c1ccc(F)cc1Cl)c1ccccc1. The highest BCUT2D eigenvalue weighted by atomic mass is 35.5. The lowest BCUT2D eigenvalue weighted by atomic mass is 10.2. The summed E-state index contributed by atoms with van der Waals surface area (Å²) >= 11 is 5.89. The number of halogens is 2. The van der Waals surface area contributed by atoms with Crippen LogP contribution in [0.25, 0.3) is 0 Å². The van der Waals surface area contributed by atoms with Gasteiger partial charge in [-0.1, -0.05) is 41.9 Å². The highest BCUT2D eigenvalue weighted by molar-refractivity contribution is 7.90. The normalized spacial score (nSPS) is 13.5. The smallest absolute Gasteiger partial charge is 0.308 e. The lowest BCUT2D eigenvalue weighted by Crippen LogP contribution is -2.30. The number of hydrogen-bond donors (Lipinski definition) is 1. The average molecular weight is 436 g/mol. The fourth-order valence-electron chi connectivity index (χ4n) is 2.40. The van der Waals surface area contributed by atoms with Gasteiger partial charge >= 0.3 is 7.60 Å². The maximum atomic E-state index is 13.3. The molecule has 0 amide bonds. The van der Waals surface area contributed by atoms with E-state index in [1.807, 2.05) is 0 Å². The van der Waals surface area contributed by atoms with Crippen molar-refractivity contribution < 1.29 is 26.4 Å². The van der Waals surface area contributed by atoms with E-state index >= 15 is 0 Å². The van der Waals surface area contributed by atoms with Crippen LogP contribution >= 0.6 is 19.2 Å². The molecule has 0 bridgehead atoms. The first-order chi connectivity index (χ1) is 12.7. The monoisotopic (exact) mass is 435 g/mol. The summed E-state index contributed by atoms with van der Waals surface area (Å²) in [5.41, 5.74) is 0.393. The van der Waals surface area contributed by atoms with E-state index in [0.717, 1.165) is 18.2 Å². The van der Waals surface area contributed by atoms with Gasteiger partial charge in [-0.05, 0) is 37.6 Å². The van der Waals surface area contributed by atoms with E-state index in [4.69, 9.17) is 20.6 Å². The second kappa shape index (κ2) is 9.28. The fourth-order valence-corrected chi connectivity index (χ4v) is 6.55. The van der Waals surface area contributed by atoms with E-state index in [0.29, 0.717) is 5.56 Å². The van der Waals surface area contributed by atoms with Gasteiger partial charge in [0.2, 0.25) is 10.0 Å². The summed E-state index contributed by atoms with van der Waals surface area (Å²) in [7, 11) is -8.16. The minimum atomic E-state index is -4.26. The van der Waals surface area contributed by atoms with Gasteiger partial charge in [-0.3, -0.25) is 4.57 Å².